The highest BCUT2D eigenvalue weighted by atomic mass is 16.7. The zero-order valence-electron chi connectivity index (χ0n) is 17.5. The SMILES string of the molecule is CCc1ccc(Cc2c(CCCO[C@@H]3O[C@H](CO)[C@@H](O)[C@H](O)[C@H]3O)n[nH]c2C)cc1. The lowest BCUT2D eigenvalue weighted by atomic mass is 9.99. The van der Waals surface area contributed by atoms with Crippen LogP contribution in [-0.2, 0) is 28.7 Å². The molecule has 0 spiro atoms. The Morgan fingerprint density at radius 3 is 2.43 bits per heavy atom. The van der Waals surface area contributed by atoms with E-state index in [-0.39, 0.29) is 6.61 Å². The Morgan fingerprint density at radius 2 is 1.77 bits per heavy atom. The molecule has 0 bridgehead atoms. The minimum Gasteiger partial charge on any atom is -0.394 e. The predicted octanol–water partition coefficient (Wildman–Crippen LogP) is 0.620. The molecule has 8 heteroatoms. The first-order valence-corrected chi connectivity index (χ1v) is 10.5. The molecule has 5 atom stereocenters. The van der Waals surface area contributed by atoms with Crippen LogP contribution in [0.15, 0.2) is 24.3 Å². The molecule has 0 radical (unpaired) electrons. The van der Waals surface area contributed by atoms with Gasteiger partial charge in [0.25, 0.3) is 0 Å². The number of nitrogens with zero attached hydrogens (tertiary/aromatic N) is 1. The standard InChI is InChI=1S/C22H32N2O6/c1-3-14-6-8-15(9-7-14)11-16-13(2)23-24-17(16)5-4-10-29-22-21(28)20(27)19(26)18(12-25)30-22/h6-9,18-22,25-28H,3-5,10-12H2,1-2H3,(H,23,24)/t18-,19-,20+,21-,22-/m1/s1. The van der Waals surface area contributed by atoms with Crippen LogP contribution in [0.4, 0.5) is 0 Å². The first-order chi connectivity index (χ1) is 14.4. The van der Waals surface area contributed by atoms with E-state index in [1.807, 2.05) is 6.92 Å². The van der Waals surface area contributed by atoms with Crippen molar-refractivity contribution in [1.82, 2.24) is 10.2 Å². The van der Waals surface area contributed by atoms with Crippen molar-refractivity contribution in [3.8, 4) is 0 Å². The molecular formula is C22H32N2O6. The summed E-state index contributed by atoms with van der Waals surface area (Å²) >= 11 is 0. The van der Waals surface area contributed by atoms with Gasteiger partial charge >= 0.3 is 0 Å². The summed E-state index contributed by atoms with van der Waals surface area (Å²) in [6.07, 6.45) is -3.11. The molecule has 3 rings (SSSR count). The summed E-state index contributed by atoms with van der Waals surface area (Å²) in [6, 6.07) is 8.60. The van der Waals surface area contributed by atoms with Gasteiger partial charge in [-0.3, -0.25) is 5.10 Å². The van der Waals surface area contributed by atoms with Gasteiger partial charge in [-0.1, -0.05) is 31.2 Å². The van der Waals surface area contributed by atoms with E-state index in [2.05, 4.69) is 41.4 Å². The highest BCUT2D eigenvalue weighted by Gasteiger charge is 2.43. The molecule has 0 saturated carbocycles. The Hall–Kier alpha value is -1.81. The number of hydrogen-bond acceptors (Lipinski definition) is 7. The fourth-order valence-electron chi connectivity index (χ4n) is 3.69. The number of hydrogen-bond donors (Lipinski definition) is 5. The molecule has 0 aliphatic carbocycles. The third-order valence-corrected chi connectivity index (χ3v) is 5.66. The number of aliphatic hydroxyl groups excluding tert-OH is 4. The average Bonchev–Trinajstić information content (AvgIpc) is 3.10. The van der Waals surface area contributed by atoms with Crippen molar-refractivity contribution in [1.29, 1.82) is 0 Å². The molecule has 1 aromatic heterocycles. The van der Waals surface area contributed by atoms with Crippen molar-refractivity contribution >= 4 is 0 Å². The zero-order chi connectivity index (χ0) is 21.7. The molecule has 1 saturated heterocycles. The van der Waals surface area contributed by atoms with Gasteiger partial charge in [-0.2, -0.15) is 5.10 Å². The predicted molar refractivity (Wildman–Crippen MR) is 110 cm³/mol. The van der Waals surface area contributed by atoms with Gasteiger partial charge < -0.3 is 29.9 Å². The number of H-pyrrole nitrogens is 1. The highest BCUT2D eigenvalue weighted by molar-refractivity contribution is 5.33. The Labute approximate surface area is 176 Å². The van der Waals surface area contributed by atoms with E-state index in [1.54, 1.807) is 0 Å². The van der Waals surface area contributed by atoms with E-state index in [9.17, 15) is 20.4 Å². The zero-order valence-corrected chi connectivity index (χ0v) is 17.5. The van der Waals surface area contributed by atoms with Gasteiger partial charge in [0, 0.05) is 17.7 Å². The maximum Gasteiger partial charge on any atom is 0.186 e. The molecule has 1 aliphatic heterocycles. The fourth-order valence-corrected chi connectivity index (χ4v) is 3.69. The largest absolute Gasteiger partial charge is 0.394 e. The van der Waals surface area contributed by atoms with Crippen LogP contribution < -0.4 is 0 Å². The summed E-state index contributed by atoms with van der Waals surface area (Å²) in [5.74, 6) is 0. The molecule has 0 amide bonds. The van der Waals surface area contributed by atoms with Crippen LogP contribution >= 0.6 is 0 Å². The minimum atomic E-state index is -1.43. The molecule has 1 fully saturated rings. The van der Waals surface area contributed by atoms with E-state index >= 15 is 0 Å². The summed E-state index contributed by atoms with van der Waals surface area (Å²) in [5, 5.41) is 46.4. The number of benzene rings is 1. The Morgan fingerprint density at radius 1 is 1.07 bits per heavy atom. The molecule has 1 aliphatic rings. The first kappa shape index (κ1) is 22.9. The van der Waals surface area contributed by atoms with Crippen LogP contribution in [0, 0.1) is 6.92 Å². The molecular weight excluding hydrogens is 388 g/mol. The van der Waals surface area contributed by atoms with Gasteiger partial charge in [0.2, 0.25) is 0 Å². The first-order valence-electron chi connectivity index (χ1n) is 10.5. The van der Waals surface area contributed by atoms with Gasteiger partial charge in [0.15, 0.2) is 6.29 Å². The van der Waals surface area contributed by atoms with Crippen LogP contribution in [-0.4, -0.2) is 74.5 Å². The summed E-state index contributed by atoms with van der Waals surface area (Å²) in [5.41, 5.74) is 5.74. The third-order valence-electron chi connectivity index (χ3n) is 5.66. The maximum atomic E-state index is 10.0. The van der Waals surface area contributed by atoms with Crippen molar-refractivity contribution in [3.05, 3.63) is 52.3 Å². The Balaban J connectivity index is 1.53. The van der Waals surface area contributed by atoms with E-state index in [4.69, 9.17) is 9.47 Å². The van der Waals surface area contributed by atoms with Crippen LogP contribution in [0.25, 0.3) is 0 Å². The van der Waals surface area contributed by atoms with Crippen LogP contribution in [0.3, 0.4) is 0 Å². The highest BCUT2D eigenvalue weighted by Crippen LogP contribution is 2.23. The maximum absolute atomic E-state index is 10.0. The lowest BCUT2D eigenvalue weighted by Gasteiger charge is -2.39. The molecule has 2 heterocycles. The number of aryl methyl sites for hydroxylation is 3. The molecule has 2 aromatic rings. The molecule has 166 valence electrons. The Kier molecular flexibility index (Phi) is 7.99. The molecule has 5 N–H and O–H groups in total. The van der Waals surface area contributed by atoms with Crippen molar-refractivity contribution in [2.75, 3.05) is 13.2 Å². The molecule has 0 unspecified atom stereocenters. The van der Waals surface area contributed by atoms with Gasteiger partial charge in [0.05, 0.1) is 18.9 Å². The molecule has 30 heavy (non-hydrogen) atoms. The van der Waals surface area contributed by atoms with E-state index in [0.29, 0.717) is 12.8 Å². The number of ether oxygens (including phenoxy) is 2. The lowest BCUT2D eigenvalue weighted by Crippen LogP contribution is -2.59. The molecule has 8 nitrogen and oxygen atoms in total. The van der Waals surface area contributed by atoms with Crippen LogP contribution in [0.1, 0.15) is 41.4 Å². The van der Waals surface area contributed by atoms with E-state index in [1.165, 1.54) is 16.7 Å². The van der Waals surface area contributed by atoms with Gasteiger partial charge in [0.1, 0.15) is 24.4 Å². The normalized spacial score (nSPS) is 26.8. The second kappa shape index (κ2) is 10.5. The Bertz CT molecular complexity index is 791. The number of aromatic amines is 1. The topological polar surface area (TPSA) is 128 Å². The van der Waals surface area contributed by atoms with Crippen molar-refractivity contribution < 1.29 is 29.9 Å². The van der Waals surface area contributed by atoms with Crippen LogP contribution in [0.5, 0.6) is 0 Å². The fraction of sp³-hybridized carbons (Fsp3) is 0.591. The summed E-state index contributed by atoms with van der Waals surface area (Å²) in [6.45, 7) is 3.95. The summed E-state index contributed by atoms with van der Waals surface area (Å²) < 4.78 is 10.9. The van der Waals surface area contributed by atoms with Gasteiger partial charge in [-0.05, 0) is 37.3 Å². The quantitative estimate of drug-likeness (QED) is 0.376. The summed E-state index contributed by atoms with van der Waals surface area (Å²) in [4.78, 5) is 0. The third kappa shape index (κ3) is 5.26. The minimum absolute atomic E-state index is 0.277. The van der Waals surface area contributed by atoms with Crippen molar-refractivity contribution in [2.45, 2.75) is 70.2 Å². The number of nitrogens with one attached hydrogen (secondary N) is 1. The van der Waals surface area contributed by atoms with Crippen LogP contribution in [0.2, 0.25) is 0 Å². The number of rotatable bonds is 9. The van der Waals surface area contributed by atoms with Gasteiger partial charge in [-0.15, -0.1) is 0 Å². The number of aliphatic hydroxyl groups is 4. The average molecular weight is 421 g/mol. The number of aromatic nitrogens is 2. The lowest BCUT2D eigenvalue weighted by molar-refractivity contribution is -0.301. The van der Waals surface area contributed by atoms with E-state index in [0.717, 1.165) is 24.2 Å². The van der Waals surface area contributed by atoms with Crippen molar-refractivity contribution in [3.63, 3.8) is 0 Å². The monoisotopic (exact) mass is 420 g/mol. The second-order valence-electron chi connectivity index (χ2n) is 7.79. The summed E-state index contributed by atoms with van der Waals surface area (Å²) in [7, 11) is 0. The second-order valence-corrected chi connectivity index (χ2v) is 7.79. The molecule has 1 aromatic carbocycles. The van der Waals surface area contributed by atoms with E-state index < -0.39 is 37.3 Å². The van der Waals surface area contributed by atoms with Crippen molar-refractivity contribution in [2.24, 2.45) is 0 Å². The smallest absolute Gasteiger partial charge is 0.186 e. The van der Waals surface area contributed by atoms with Gasteiger partial charge in [-0.25, -0.2) is 0 Å².